The lowest BCUT2D eigenvalue weighted by Crippen LogP contribution is -2.48. The number of piperidine rings is 1. The molecule has 2 rings (SSSR count). The van der Waals surface area contributed by atoms with E-state index >= 15 is 0 Å². The number of benzene rings is 1. The van der Waals surface area contributed by atoms with Gasteiger partial charge in [0, 0.05) is 12.1 Å². The smallest absolute Gasteiger partial charge is 0.265 e. The Kier molecular flexibility index (Phi) is 3.96. The zero-order chi connectivity index (χ0) is 11.4. The van der Waals surface area contributed by atoms with E-state index < -0.39 is 0 Å². The van der Waals surface area contributed by atoms with Crippen molar-refractivity contribution in [1.82, 2.24) is 10.4 Å². The van der Waals surface area contributed by atoms with Gasteiger partial charge in [0.15, 0.2) is 0 Å². The van der Waals surface area contributed by atoms with Gasteiger partial charge in [-0.2, -0.15) is 0 Å². The van der Waals surface area contributed by atoms with Crippen LogP contribution in [0.2, 0.25) is 0 Å². The van der Waals surface area contributed by atoms with Crippen LogP contribution in [0.1, 0.15) is 29.6 Å². The highest BCUT2D eigenvalue weighted by Crippen LogP contribution is 2.19. The molecule has 0 spiro atoms. The van der Waals surface area contributed by atoms with E-state index in [1.54, 1.807) is 0 Å². The van der Waals surface area contributed by atoms with E-state index in [1.807, 2.05) is 35.3 Å². The molecule has 3 nitrogen and oxygen atoms in total. The van der Waals surface area contributed by atoms with Crippen LogP contribution >= 0.6 is 15.9 Å². The number of carbonyl (C=O) groups is 1. The molecule has 1 aromatic rings. The summed E-state index contributed by atoms with van der Waals surface area (Å²) in [5.41, 5.74) is 3.63. The minimum absolute atomic E-state index is 0.0352. The third-order valence-corrected chi connectivity index (χ3v) is 3.66. The first kappa shape index (κ1) is 11.6. The number of hydrogen-bond acceptors (Lipinski definition) is 2. The van der Waals surface area contributed by atoms with Gasteiger partial charge in [0.1, 0.15) is 0 Å². The van der Waals surface area contributed by atoms with Crippen LogP contribution in [0.3, 0.4) is 0 Å². The van der Waals surface area contributed by atoms with Gasteiger partial charge >= 0.3 is 0 Å². The van der Waals surface area contributed by atoms with Gasteiger partial charge in [-0.25, -0.2) is 5.01 Å². The van der Waals surface area contributed by atoms with Crippen LogP contribution < -0.4 is 5.43 Å². The van der Waals surface area contributed by atoms with E-state index in [0.29, 0.717) is 5.56 Å². The van der Waals surface area contributed by atoms with Crippen molar-refractivity contribution in [1.29, 1.82) is 0 Å². The summed E-state index contributed by atoms with van der Waals surface area (Å²) in [5.74, 6) is -0.0352. The van der Waals surface area contributed by atoms with Crippen molar-refractivity contribution < 1.29 is 4.79 Å². The lowest BCUT2D eigenvalue weighted by atomic mass is 10.1. The van der Waals surface area contributed by atoms with Gasteiger partial charge in [-0.05, 0) is 31.4 Å². The second-order valence-corrected chi connectivity index (χ2v) is 4.99. The second kappa shape index (κ2) is 5.46. The number of nitrogens with one attached hydrogen (secondary N) is 1. The largest absolute Gasteiger partial charge is 0.284 e. The number of hydrogen-bond donors (Lipinski definition) is 1. The molecule has 0 bridgehead atoms. The van der Waals surface area contributed by atoms with Crippen molar-refractivity contribution in [3.8, 4) is 0 Å². The van der Waals surface area contributed by atoms with Crippen molar-refractivity contribution in [2.45, 2.75) is 24.2 Å². The average Bonchev–Trinajstić information content (AvgIpc) is 2.33. The molecule has 16 heavy (non-hydrogen) atoms. The van der Waals surface area contributed by atoms with E-state index in [9.17, 15) is 4.79 Å². The van der Waals surface area contributed by atoms with E-state index in [4.69, 9.17) is 0 Å². The quantitative estimate of drug-likeness (QED) is 0.668. The first-order valence-electron chi connectivity index (χ1n) is 5.54. The summed E-state index contributed by atoms with van der Waals surface area (Å²) >= 11 is 3.57. The summed E-state index contributed by atoms with van der Waals surface area (Å²) in [6, 6.07) is 9.30. The van der Waals surface area contributed by atoms with Crippen LogP contribution in [0, 0.1) is 0 Å². The van der Waals surface area contributed by atoms with Gasteiger partial charge in [-0.15, -0.1) is 0 Å². The number of amides is 1. The van der Waals surface area contributed by atoms with Crippen molar-refractivity contribution in [2.24, 2.45) is 0 Å². The number of nitrogens with zero attached hydrogens (tertiary/aromatic N) is 1. The first-order valence-corrected chi connectivity index (χ1v) is 6.45. The fourth-order valence-corrected chi connectivity index (χ4v) is 2.43. The molecule has 4 heteroatoms. The Labute approximate surface area is 104 Å². The highest BCUT2D eigenvalue weighted by atomic mass is 79.9. The van der Waals surface area contributed by atoms with Crippen molar-refractivity contribution >= 4 is 21.8 Å². The molecular formula is C12H15BrN2O. The molecule has 1 aliphatic rings. The topological polar surface area (TPSA) is 32.3 Å². The number of alkyl halides is 1. The van der Waals surface area contributed by atoms with Crippen LogP contribution in [-0.4, -0.2) is 22.4 Å². The molecule has 1 saturated heterocycles. The van der Waals surface area contributed by atoms with Crippen molar-refractivity contribution in [3.05, 3.63) is 35.9 Å². The normalized spacial score (nSPS) is 21.7. The maximum absolute atomic E-state index is 11.9. The molecule has 0 aromatic heterocycles. The number of carbonyl (C=O) groups excluding carboxylic acids is 1. The molecule has 0 radical (unpaired) electrons. The lowest BCUT2D eigenvalue weighted by Gasteiger charge is -2.31. The third-order valence-electron chi connectivity index (χ3n) is 2.71. The van der Waals surface area contributed by atoms with Crippen LogP contribution in [0.5, 0.6) is 0 Å². The van der Waals surface area contributed by atoms with Gasteiger partial charge < -0.3 is 0 Å². The zero-order valence-corrected chi connectivity index (χ0v) is 10.6. The number of rotatable bonds is 2. The van der Waals surface area contributed by atoms with E-state index in [-0.39, 0.29) is 10.9 Å². The molecule has 1 amide bonds. The Morgan fingerprint density at radius 2 is 2.06 bits per heavy atom. The average molecular weight is 283 g/mol. The summed E-state index contributed by atoms with van der Waals surface area (Å²) in [7, 11) is 0. The number of hydrazine groups is 1. The maximum atomic E-state index is 11.9. The van der Waals surface area contributed by atoms with Crippen LogP contribution in [0.15, 0.2) is 30.3 Å². The Morgan fingerprint density at radius 1 is 1.31 bits per heavy atom. The van der Waals surface area contributed by atoms with E-state index in [2.05, 4.69) is 21.4 Å². The zero-order valence-electron chi connectivity index (χ0n) is 9.03. The molecule has 1 atom stereocenters. The fraction of sp³-hybridized carbons (Fsp3) is 0.417. The molecule has 86 valence electrons. The highest BCUT2D eigenvalue weighted by Gasteiger charge is 2.21. The van der Waals surface area contributed by atoms with E-state index in [0.717, 1.165) is 19.4 Å². The Balaban J connectivity index is 1.96. The van der Waals surface area contributed by atoms with Crippen molar-refractivity contribution in [3.63, 3.8) is 0 Å². The molecule has 1 N–H and O–H groups in total. The highest BCUT2D eigenvalue weighted by molar-refractivity contribution is 9.09. The van der Waals surface area contributed by atoms with Gasteiger partial charge in [0.25, 0.3) is 5.91 Å². The summed E-state index contributed by atoms with van der Waals surface area (Å²) in [6.45, 7) is 0.911. The van der Waals surface area contributed by atoms with Crippen LogP contribution in [0.25, 0.3) is 0 Å². The summed E-state index contributed by atoms with van der Waals surface area (Å²) < 4.78 is 0. The second-order valence-electron chi connectivity index (χ2n) is 3.93. The standard InChI is InChI=1S/C12H15BrN2O/c13-11-8-4-5-9-15(11)14-12(16)10-6-2-1-3-7-10/h1-3,6-7,11H,4-5,8-9H2,(H,14,16). The molecule has 0 aliphatic carbocycles. The van der Waals surface area contributed by atoms with Gasteiger partial charge in [0.05, 0.1) is 4.95 Å². The molecule has 1 aromatic carbocycles. The molecule has 1 aliphatic heterocycles. The maximum Gasteiger partial charge on any atom is 0.265 e. The van der Waals surface area contributed by atoms with Crippen molar-refractivity contribution in [2.75, 3.05) is 6.54 Å². The monoisotopic (exact) mass is 282 g/mol. The third kappa shape index (κ3) is 2.83. The van der Waals surface area contributed by atoms with Gasteiger partial charge in [0.2, 0.25) is 0 Å². The Hall–Kier alpha value is -0.870. The first-order chi connectivity index (χ1) is 7.77. The SMILES string of the molecule is O=C(NN1CCCCC1Br)c1ccccc1. The predicted molar refractivity (Wildman–Crippen MR) is 67.2 cm³/mol. The summed E-state index contributed by atoms with van der Waals surface area (Å²) in [6.07, 6.45) is 3.43. The molecule has 1 unspecified atom stereocenters. The minimum Gasteiger partial charge on any atom is -0.284 e. The lowest BCUT2D eigenvalue weighted by molar-refractivity contribution is 0.0721. The van der Waals surface area contributed by atoms with Crippen LogP contribution in [-0.2, 0) is 0 Å². The Morgan fingerprint density at radius 3 is 2.75 bits per heavy atom. The number of halogens is 1. The Bertz CT molecular complexity index is 355. The summed E-state index contributed by atoms with van der Waals surface area (Å²) in [4.78, 5) is 12.1. The fourth-order valence-electron chi connectivity index (χ4n) is 1.80. The van der Waals surface area contributed by atoms with E-state index in [1.165, 1.54) is 6.42 Å². The molecule has 0 saturated carbocycles. The summed E-state index contributed by atoms with van der Waals surface area (Å²) in [5, 5.41) is 1.97. The molecule has 1 heterocycles. The predicted octanol–water partition coefficient (Wildman–Crippen LogP) is 2.54. The van der Waals surface area contributed by atoms with Gasteiger partial charge in [-0.1, -0.05) is 34.1 Å². The minimum atomic E-state index is -0.0352. The molecular weight excluding hydrogens is 268 g/mol. The molecule has 1 fully saturated rings. The van der Waals surface area contributed by atoms with Crippen LogP contribution in [0.4, 0.5) is 0 Å². The van der Waals surface area contributed by atoms with Gasteiger partial charge in [-0.3, -0.25) is 10.2 Å².